The van der Waals surface area contributed by atoms with Crippen LogP contribution in [0, 0.1) is 6.92 Å². The third kappa shape index (κ3) is 1.95. The second kappa shape index (κ2) is 4.18. The molecule has 16 heavy (non-hydrogen) atoms. The summed E-state index contributed by atoms with van der Waals surface area (Å²) in [5.74, 6) is 1.03. The summed E-state index contributed by atoms with van der Waals surface area (Å²) in [7, 11) is 1.76. The maximum absolute atomic E-state index is 5.89. The average Bonchev–Trinajstić information content (AvgIpc) is 2.28. The lowest BCUT2D eigenvalue weighted by Gasteiger charge is -2.06. The van der Waals surface area contributed by atoms with Crippen molar-refractivity contribution >= 4 is 11.8 Å². The molecule has 4 nitrogen and oxygen atoms in total. The highest BCUT2D eigenvalue weighted by Gasteiger charge is 2.05. The van der Waals surface area contributed by atoms with E-state index in [9.17, 15) is 0 Å². The van der Waals surface area contributed by atoms with Crippen LogP contribution in [0.1, 0.15) is 5.56 Å². The number of nitrogens with one attached hydrogen (secondary N) is 1. The lowest BCUT2D eigenvalue weighted by Crippen LogP contribution is -2.01. The Kier molecular flexibility index (Phi) is 2.72. The van der Waals surface area contributed by atoms with Crippen LogP contribution in [0.15, 0.2) is 30.5 Å². The molecule has 0 saturated heterocycles. The SMILES string of the molecule is CNc1ncc(-c2cccc(C)c2)c(N)n1. The smallest absolute Gasteiger partial charge is 0.224 e. The Morgan fingerprint density at radius 1 is 1.31 bits per heavy atom. The molecule has 1 aromatic carbocycles. The van der Waals surface area contributed by atoms with Gasteiger partial charge in [0.25, 0.3) is 0 Å². The number of hydrogen-bond acceptors (Lipinski definition) is 4. The van der Waals surface area contributed by atoms with Crippen LogP contribution in [-0.2, 0) is 0 Å². The first-order chi connectivity index (χ1) is 7.70. The summed E-state index contributed by atoms with van der Waals surface area (Å²) in [6.45, 7) is 2.04. The van der Waals surface area contributed by atoms with Gasteiger partial charge >= 0.3 is 0 Å². The highest BCUT2D eigenvalue weighted by molar-refractivity contribution is 5.73. The maximum atomic E-state index is 5.89. The molecule has 0 fully saturated rings. The fraction of sp³-hybridized carbons (Fsp3) is 0.167. The van der Waals surface area contributed by atoms with Crippen molar-refractivity contribution in [2.75, 3.05) is 18.1 Å². The zero-order chi connectivity index (χ0) is 11.5. The summed E-state index contributed by atoms with van der Waals surface area (Å²) in [4.78, 5) is 8.32. The third-order valence-electron chi connectivity index (χ3n) is 2.37. The summed E-state index contributed by atoms with van der Waals surface area (Å²) in [5.41, 5.74) is 8.98. The van der Waals surface area contributed by atoms with Gasteiger partial charge in [-0.1, -0.05) is 29.8 Å². The number of aryl methyl sites for hydroxylation is 1. The molecule has 0 aliphatic rings. The largest absolute Gasteiger partial charge is 0.383 e. The van der Waals surface area contributed by atoms with E-state index >= 15 is 0 Å². The molecular formula is C12H14N4. The molecule has 0 saturated carbocycles. The highest BCUT2D eigenvalue weighted by Crippen LogP contribution is 2.24. The number of nitrogen functional groups attached to an aromatic ring is 1. The second-order valence-electron chi connectivity index (χ2n) is 3.61. The van der Waals surface area contributed by atoms with Crippen LogP contribution in [-0.4, -0.2) is 17.0 Å². The van der Waals surface area contributed by atoms with Gasteiger partial charge in [0.05, 0.1) is 0 Å². The van der Waals surface area contributed by atoms with E-state index in [1.807, 2.05) is 25.1 Å². The molecule has 0 aliphatic carbocycles. The molecule has 1 aromatic heterocycles. The fourth-order valence-corrected chi connectivity index (χ4v) is 1.55. The number of hydrogen-bond donors (Lipinski definition) is 2. The molecule has 82 valence electrons. The first kappa shape index (κ1) is 10.4. The molecular weight excluding hydrogens is 200 g/mol. The van der Waals surface area contributed by atoms with Crippen LogP contribution in [0.3, 0.4) is 0 Å². The van der Waals surface area contributed by atoms with Crippen LogP contribution in [0.2, 0.25) is 0 Å². The predicted molar refractivity (Wildman–Crippen MR) is 66.2 cm³/mol. The van der Waals surface area contributed by atoms with Crippen molar-refractivity contribution in [3.05, 3.63) is 36.0 Å². The Hall–Kier alpha value is -2.10. The highest BCUT2D eigenvalue weighted by atomic mass is 15.1. The fourth-order valence-electron chi connectivity index (χ4n) is 1.55. The molecule has 2 rings (SSSR count). The number of benzene rings is 1. The van der Waals surface area contributed by atoms with E-state index in [1.165, 1.54) is 5.56 Å². The molecule has 4 heteroatoms. The molecule has 0 unspecified atom stereocenters. The van der Waals surface area contributed by atoms with Crippen molar-refractivity contribution in [1.82, 2.24) is 9.97 Å². The van der Waals surface area contributed by atoms with Crippen LogP contribution >= 0.6 is 0 Å². The summed E-state index contributed by atoms with van der Waals surface area (Å²) in [6.07, 6.45) is 1.74. The van der Waals surface area contributed by atoms with Gasteiger partial charge in [0.15, 0.2) is 0 Å². The van der Waals surface area contributed by atoms with Crippen LogP contribution in [0.5, 0.6) is 0 Å². The summed E-state index contributed by atoms with van der Waals surface area (Å²) in [6, 6.07) is 8.10. The van der Waals surface area contributed by atoms with Gasteiger partial charge in [0.2, 0.25) is 5.95 Å². The molecule has 0 aliphatic heterocycles. The van der Waals surface area contributed by atoms with E-state index in [0.29, 0.717) is 11.8 Å². The number of nitrogens with two attached hydrogens (primary N) is 1. The van der Waals surface area contributed by atoms with Crippen molar-refractivity contribution in [2.24, 2.45) is 0 Å². The first-order valence-corrected chi connectivity index (χ1v) is 5.08. The van der Waals surface area contributed by atoms with E-state index in [-0.39, 0.29) is 0 Å². The minimum atomic E-state index is 0.491. The monoisotopic (exact) mass is 214 g/mol. The molecule has 1 heterocycles. The van der Waals surface area contributed by atoms with Crippen molar-refractivity contribution < 1.29 is 0 Å². The Labute approximate surface area is 94.5 Å². The Bertz CT molecular complexity index is 508. The Morgan fingerprint density at radius 2 is 2.12 bits per heavy atom. The third-order valence-corrected chi connectivity index (χ3v) is 2.37. The molecule has 0 radical (unpaired) electrons. The number of aromatic nitrogens is 2. The standard InChI is InChI=1S/C12H14N4/c1-8-4-3-5-9(6-8)10-7-15-12(14-2)16-11(10)13/h3-7H,1-2H3,(H3,13,14,15,16). The van der Waals surface area contributed by atoms with Gasteiger partial charge in [-0.25, -0.2) is 4.98 Å². The van der Waals surface area contributed by atoms with Gasteiger partial charge in [0.1, 0.15) is 5.82 Å². The topological polar surface area (TPSA) is 63.8 Å². The van der Waals surface area contributed by atoms with Crippen LogP contribution in [0.25, 0.3) is 11.1 Å². The molecule has 2 aromatic rings. The van der Waals surface area contributed by atoms with E-state index in [1.54, 1.807) is 13.2 Å². The second-order valence-corrected chi connectivity index (χ2v) is 3.61. The van der Waals surface area contributed by atoms with Crippen LogP contribution in [0.4, 0.5) is 11.8 Å². The predicted octanol–water partition coefficient (Wildman–Crippen LogP) is 2.08. The van der Waals surface area contributed by atoms with Gasteiger partial charge in [-0.3, -0.25) is 0 Å². The van der Waals surface area contributed by atoms with E-state index in [2.05, 4.69) is 21.4 Å². The van der Waals surface area contributed by atoms with Crippen molar-refractivity contribution in [2.45, 2.75) is 6.92 Å². The van der Waals surface area contributed by atoms with Crippen molar-refractivity contribution in [3.63, 3.8) is 0 Å². The quantitative estimate of drug-likeness (QED) is 0.803. The zero-order valence-electron chi connectivity index (χ0n) is 9.36. The first-order valence-electron chi connectivity index (χ1n) is 5.08. The molecule has 0 amide bonds. The van der Waals surface area contributed by atoms with E-state index in [0.717, 1.165) is 11.1 Å². The number of nitrogens with zero attached hydrogens (tertiary/aromatic N) is 2. The lowest BCUT2D eigenvalue weighted by atomic mass is 10.1. The van der Waals surface area contributed by atoms with Crippen molar-refractivity contribution in [3.8, 4) is 11.1 Å². The normalized spacial score (nSPS) is 10.1. The van der Waals surface area contributed by atoms with Gasteiger partial charge in [-0.05, 0) is 12.5 Å². The Balaban J connectivity index is 2.48. The minimum absolute atomic E-state index is 0.491. The van der Waals surface area contributed by atoms with Gasteiger partial charge < -0.3 is 11.1 Å². The molecule has 0 bridgehead atoms. The van der Waals surface area contributed by atoms with Crippen molar-refractivity contribution in [1.29, 1.82) is 0 Å². The van der Waals surface area contributed by atoms with Gasteiger partial charge in [-0.15, -0.1) is 0 Å². The van der Waals surface area contributed by atoms with E-state index in [4.69, 9.17) is 5.73 Å². The van der Waals surface area contributed by atoms with Gasteiger partial charge in [-0.2, -0.15) is 4.98 Å². The number of anilines is 2. The lowest BCUT2D eigenvalue weighted by molar-refractivity contribution is 1.16. The minimum Gasteiger partial charge on any atom is -0.383 e. The van der Waals surface area contributed by atoms with Gasteiger partial charge in [0, 0.05) is 18.8 Å². The summed E-state index contributed by atoms with van der Waals surface area (Å²) < 4.78 is 0. The maximum Gasteiger partial charge on any atom is 0.224 e. The zero-order valence-corrected chi connectivity index (χ0v) is 9.36. The molecule has 3 N–H and O–H groups in total. The number of rotatable bonds is 2. The van der Waals surface area contributed by atoms with Crippen LogP contribution < -0.4 is 11.1 Å². The van der Waals surface area contributed by atoms with E-state index < -0.39 is 0 Å². The summed E-state index contributed by atoms with van der Waals surface area (Å²) in [5, 5.41) is 2.86. The molecule has 0 atom stereocenters. The average molecular weight is 214 g/mol. The molecule has 0 spiro atoms. The summed E-state index contributed by atoms with van der Waals surface area (Å²) >= 11 is 0. The Morgan fingerprint density at radius 3 is 2.75 bits per heavy atom.